The van der Waals surface area contributed by atoms with Gasteiger partial charge in [-0.25, -0.2) is 4.39 Å². The molecule has 2 fully saturated rings. The number of carbonyl (C=O) groups is 2. The van der Waals surface area contributed by atoms with E-state index in [0.717, 1.165) is 12.6 Å². The Morgan fingerprint density at radius 1 is 1.42 bits per heavy atom. The second-order valence-corrected chi connectivity index (χ2v) is 4.89. The number of pyridine rings is 1. The van der Waals surface area contributed by atoms with E-state index in [1.807, 2.05) is 4.90 Å². The molecular weight excluding hydrogens is 249 g/mol. The van der Waals surface area contributed by atoms with Crippen LogP contribution in [0.4, 0.5) is 4.39 Å². The molecule has 0 spiro atoms. The Morgan fingerprint density at radius 3 is 3.05 bits per heavy atom. The monoisotopic (exact) mass is 263 g/mol. The first kappa shape index (κ1) is 12.1. The summed E-state index contributed by atoms with van der Waals surface area (Å²) in [7, 11) is 0. The molecule has 19 heavy (non-hydrogen) atoms. The molecule has 0 aliphatic carbocycles. The highest BCUT2D eigenvalue weighted by molar-refractivity contribution is 5.94. The van der Waals surface area contributed by atoms with Gasteiger partial charge < -0.3 is 9.80 Å². The van der Waals surface area contributed by atoms with E-state index in [2.05, 4.69) is 4.98 Å². The van der Waals surface area contributed by atoms with E-state index in [-0.39, 0.29) is 23.4 Å². The normalized spacial score (nSPS) is 22.6. The van der Waals surface area contributed by atoms with E-state index in [0.29, 0.717) is 26.1 Å². The van der Waals surface area contributed by atoms with Gasteiger partial charge in [0, 0.05) is 38.3 Å². The van der Waals surface area contributed by atoms with Crippen LogP contribution in [-0.2, 0) is 4.79 Å². The molecule has 2 aliphatic rings. The topological polar surface area (TPSA) is 53.5 Å². The molecule has 2 aliphatic heterocycles. The first-order chi connectivity index (χ1) is 9.16. The third-order valence-electron chi connectivity index (χ3n) is 3.78. The summed E-state index contributed by atoms with van der Waals surface area (Å²) in [4.78, 5) is 30.9. The van der Waals surface area contributed by atoms with Gasteiger partial charge in [-0.2, -0.15) is 0 Å². The van der Waals surface area contributed by atoms with Crippen molar-refractivity contribution in [1.29, 1.82) is 0 Å². The maximum atomic E-state index is 13.6. The van der Waals surface area contributed by atoms with E-state index >= 15 is 0 Å². The van der Waals surface area contributed by atoms with Gasteiger partial charge >= 0.3 is 0 Å². The van der Waals surface area contributed by atoms with E-state index in [1.165, 1.54) is 12.3 Å². The lowest BCUT2D eigenvalue weighted by Crippen LogP contribution is -2.53. The minimum Gasteiger partial charge on any atom is -0.336 e. The quantitative estimate of drug-likeness (QED) is 0.748. The van der Waals surface area contributed by atoms with Gasteiger partial charge in [0.05, 0.1) is 11.8 Å². The molecule has 0 N–H and O–H groups in total. The summed E-state index contributed by atoms with van der Waals surface area (Å²) in [6.07, 6.45) is 3.78. The molecule has 3 rings (SSSR count). The minimum absolute atomic E-state index is 0.0489. The van der Waals surface area contributed by atoms with Crippen molar-refractivity contribution in [3.63, 3.8) is 0 Å². The van der Waals surface area contributed by atoms with Crippen molar-refractivity contribution in [1.82, 2.24) is 14.8 Å². The molecule has 1 atom stereocenters. The molecule has 1 aromatic rings. The third kappa shape index (κ3) is 2.07. The SMILES string of the molecule is O=C(c1ccncc1F)N1CCN2C(=O)CCC2C1. The lowest BCUT2D eigenvalue weighted by atomic mass is 10.1. The van der Waals surface area contributed by atoms with Crippen LogP contribution < -0.4 is 0 Å². The molecule has 5 nitrogen and oxygen atoms in total. The molecule has 0 aromatic carbocycles. The molecule has 100 valence electrons. The number of nitrogens with zero attached hydrogens (tertiary/aromatic N) is 3. The molecular formula is C13H14FN3O2. The van der Waals surface area contributed by atoms with Gasteiger partial charge in [-0.1, -0.05) is 0 Å². The molecule has 0 saturated carbocycles. The number of hydrogen-bond donors (Lipinski definition) is 0. The molecule has 2 amide bonds. The summed E-state index contributed by atoms with van der Waals surface area (Å²) in [6.45, 7) is 1.50. The van der Waals surface area contributed by atoms with Gasteiger partial charge in [0.1, 0.15) is 0 Å². The lowest BCUT2D eigenvalue weighted by Gasteiger charge is -2.37. The van der Waals surface area contributed by atoms with Crippen LogP contribution in [0.5, 0.6) is 0 Å². The number of aromatic nitrogens is 1. The predicted molar refractivity (Wildman–Crippen MR) is 64.8 cm³/mol. The van der Waals surface area contributed by atoms with Crippen LogP contribution in [0.2, 0.25) is 0 Å². The van der Waals surface area contributed by atoms with E-state index in [1.54, 1.807) is 4.90 Å². The number of rotatable bonds is 1. The fourth-order valence-electron chi connectivity index (χ4n) is 2.77. The number of carbonyl (C=O) groups excluding carboxylic acids is 2. The Kier molecular flexibility index (Phi) is 2.93. The zero-order valence-corrected chi connectivity index (χ0v) is 10.4. The van der Waals surface area contributed by atoms with Gasteiger partial charge in [-0.15, -0.1) is 0 Å². The van der Waals surface area contributed by atoms with Crippen molar-refractivity contribution in [2.75, 3.05) is 19.6 Å². The molecule has 0 bridgehead atoms. The highest BCUT2D eigenvalue weighted by Crippen LogP contribution is 2.24. The number of amides is 2. The molecule has 2 saturated heterocycles. The molecule has 3 heterocycles. The average Bonchev–Trinajstić information content (AvgIpc) is 2.80. The first-order valence-corrected chi connectivity index (χ1v) is 6.35. The summed E-state index contributed by atoms with van der Waals surface area (Å²) in [5.41, 5.74) is 0.0489. The molecule has 6 heteroatoms. The Balaban J connectivity index is 1.76. The standard InChI is InChI=1S/C13H14FN3O2/c14-11-7-15-4-3-10(11)13(19)16-5-6-17-9(8-16)1-2-12(17)18/h3-4,7,9H,1-2,5-6,8H2. The van der Waals surface area contributed by atoms with Crippen LogP contribution >= 0.6 is 0 Å². The number of fused-ring (bicyclic) bond motifs is 1. The lowest BCUT2D eigenvalue weighted by molar-refractivity contribution is -0.130. The van der Waals surface area contributed by atoms with Crippen LogP contribution in [0.1, 0.15) is 23.2 Å². The summed E-state index contributed by atoms with van der Waals surface area (Å²) in [6, 6.07) is 1.49. The summed E-state index contributed by atoms with van der Waals surface area (Å²) in [5.74, 6) is -0.761. The van der Waals surface area contributed by atoms with Crippen LogP contribution in [-0.4, -0.2) is 52.3 Å². The van der Waals surface area contributed by atoms with Crippen LogP contribution in [0.25, 0.3) is 0 Å². The maximum absolute atomic E-state index is 13.6. The minimum atomic E-state index is -0.600. The molecule has 1 aromatic heterocycles. The van der Waals surface area contributed by atoms with Crippen molar-refractivity contribution >= 4 is 11.8 Å². The van der Waals surface area contributed by atoms with Gasteiger partial charge in [0.15, 0.2) is 5.82 Å². The van der Waals surface area contributed by atoms with Crippen LogP contribution in [0.3, 0.4) is 0 Å². The smallest absolute Gasteiger partial charge is 0.257 e. The third-order valence-corrected chi connectivity index (χ3v) is 3.78. The fraction of sp³-hybridized carbons (Fsp3) is 0.462. The van der Waals surface area contributed by atoms with Gasteiger partial charge in [-0.3, -0.25) is 14.6 Å². The van der Waals surface area contributed by atoms with Gasteiger partial charge in [0.2, 0.25) is 5.91 Å². The van der Waals surface area contributed by atoms with Crippen molar-refractivity contribution in [2.24, 2.45) is 0 Å². The number of hydrogen-bond acceptors (Lipinski definition) is 3. The summed E-state index contributed by atoms with van der Waals surface area (Å²) in [5, 5.41) is 0. The van der Waals surface area contributed by atoms with Crippen molar-refractivity contribution in [3.8, 4) is 0 Å². The Bertz CT molecular complexity index is 534. The second kappa shape index (κ2) is 4.60. The van der Waals surface area contributed by atoms with Crippen molar-refractivity contribution < 1.29 is 14.0 Å². The maximum Gasteiger partial charge on any atom is 0.257 e. The Hall–Kier alpha value is -1.98. The van der Waals surface area contributed by atoms with Crippen molar-refractivity contribution in [2.45, 2.75) is 18.9 Å². The average molecular weight is 263 g/mol. The highest BCUT2D eigenvalue weighted by atomic mass is 19.1. The van der Waals surface area contributed by atoms with E-state index < -0.39 is 5.82 Å². The second-order valence-electron chi connectivity index (χ2n) is 4.89. The first-order valence-electron chi connectivity index (χ1n) is 6.35. The largest absolute Gasteiger partial charge is 0.336 e. The summed E-state index contributed by atoms with van der Waals surface area (Å²) < 4.78 is 13.6. The molecule has 1 unspecified atom stereocenters. The van der Waals surface area contributed by atoms with Crippen LogP contribution in [0.15, 0.2) is 18.5 Å². The fourth-order valence-corrected chi connectivity index (χ4v) is 2.77. The Morgan fingerprint density at radius 2 is 2.26 bits per heavy atom. The zero-order chi connectivity index (χ0) is 13.4. The Labute approximate surface area is 110 Å². The predicted octanol–water partition coefficient (Wildman–Crippen LogP) is 0.667. The van der Waals surface area contributed by atoms with Gasteiger partial charge in [0.25, 0.3) is 5.91 Å². The molecule has 0 radical (unpaired) electrons. The van der Waals surface area contributed by atoms with Crippen molar-refractivity contribution in [3.05, 3.63) is 29.8 Å². The van der Waals surface area contributed by atoms with Gasteiger partial charge in [-0.05, 0) is 12.5 Å². The zero-order valence-electron chi connectivity index (χ0n) is 10.4. The number of halogens is 1. The van der Waals surface area contributed by atoms with E-state index in [4.69, 9.17) is 0 Å². The van der Waals surface area contributed by atoms with E-state index in [9.17, 15) is 14.0 Å². The number of piperazine rings is 1. The van der Waals surface area contributed by atoms with Crippen LogP contribution in [0, 0.1) is 5.82 Å². The summed E-state index contributed by atoms with van der Waals surface area (Å²) >= 11 is 0. The highest BCUT2D eigenvalue weighted by Gasteiger charge is 2.37.